The van der Waals surface area contributed by atoms with Crippen molar-refractivity contribution in [1.29, 1.82) is 0 Å². The van der Waals surface area contributed by atoms with Crippen molar-refractivity contribution in [2.75, 3.05) is 0 Å². The van der Waals surface area contributed by atoms with Gasteiger partial charge in [-0.25, -0.2) is 8.42 Å². The van der Waals surface area contributed by atoms with E-state index in [1.165, 1.54) is 0 Å². The molecule has 0 aromatic carbocycles. The van der Waals surface area contributed by atoms with E-state index in [4.69, 9.17) is 13.0 Å². The SMILES string of the molecule is O=[SH](=O)O.[V]. The predicted octanol–water partition coefficient (Wildman–Crippen LogP) is -0.932. The normalized spacial score (nSPS) is 6.80. The van der Waals surface area contributed by atoms with Gasteiger partial charge in [0.1, 0.15) is 0 Å². The first kappa shape index (κ1) is 9.09. The van der Waals surface area contributed by atoms with Gasteiger partial charge in [-0.1, -0.05) is 0 Å². The molecule has 31 valence electrons. The maximum Gasteiger partial charge on any atom is 0.254 e. The van der Waals surface area contributed by atoms with Crippen LogP contribution in [-0.2, 0) is 29.5 Å². The zero-order valence-electron chi connectivity index (χ0n) is 2.16. The van der Waals surface area contributed by atoms with Crippen LogP contribution in [0.3, 0.4) is 0 Å². The molecule has 1 radical (unpaired) electrons. The molecule has 0 rings (SSSR count). The Bertz CT molecular complexity index is 55.3. The molecular formula is H2O3SV. The number of thiol groups is 1. The van der Waals surface area contributed by atoms with Gasteiger partial charge in [0.25, 0.3) is 11.0 Å². The van der Waals surface area contributed by atoms with Gasteiger partial charge in [-0.15, -0.1) is 0 Å². The van der Waals surface area contributed by atoms with Gasteiger partial charge < -0.3 is 0 Å². The molecule has 0 amide bonds. The molecule has 0 aliphatic heterocycles. The smallest absolute Gasteiger partial charge is 0.254 e. The van der Waals surface area contributed by atoms with Crippen LogP contribution in [0, 0.1) is 0 Å². The Morgan fingerprint density at radius 1 is 1.40 bits per heavy atom. The second-order valence-electron chi connectivity index (χ2n) is 0.238. The summed E-state index contributed by atoms with van der Waals surface area (Å²) in [5, 5.41) is 0. The summed E-state index contributed by atoms with van der Waals surface area (Å²) in [7, 11) is -3.12. The number of rotatable bonds is 0. The van der Waals surface area contributed by atoms with Crippen molar-refractivity contribution in [3.05, 3.63) is 0 Å². The number of hydrogen-bond acceptors (Lipinski definition) is 2. The maximum atomic E-state index is 8.59. The second kappa shape index (κ2) is 4.49. The summed E-state index contributed by atoms with van der Waals surface area (Å²) in [6, 6.07) is 0. The van der Waals surface area contributed by atoms with Crippen LogP contribution in [-0.4, -0.2) is 13.0 Å². The first-order chi connectivity index (χ1) is 1.73. The first-order valence-electron chi connectivity index (χ1n) is 0.565. The van der Waals surface area contributed by atoms with Crippen molar-refractivity contribution in [2.45, 2.75) is 0 Å². The van der Waals surface area contributed by atoms with E-state index >= 15 is 0 Å². The Labute approximate surface area is 43.0 Å². The van der Waals surface area contributed by atoms with Crippen LogP contribution in [0.15, 0.2) is 0 Å². The zero-order chi connectivity index (χ0) is 3.58. The summed E-state index contributed by atoms with van der Waals surface area (Å²) in [5.74, 6) is 0. The molecule has 0 heterocycles. The van der Waals surface area contributed by atoms with Crippen LogP contribution < -0.4 is 0 Å². The van der Waals surface area contributed by atoms with Crippen molar-refractivity contribution >= 4 is 11.0 Å². The molecule has 5 heavy (non-hydrogen) atoms. The minimum Gasteiger partial charge on any atom is -0.288 e. The van der Waals surface area contributed by atoms with Gasteiger partial charge in [0.05, 0.1) is 0 Å². The van der Waals surface area contributed by atoms with Crippen molar-refractivity contribution < 1.29 is 31.5 Å². The summed E-state index contributed by atoms with van der Waals surface area (Å²) >= 11 is 0. The van der Waals surface area contributed by atoms with Crippen molar-refractivity contribution in [3.63, 3.8) is 0 Å². The summed E-state index contributed by atoms with van der Waals surface area (Å²) in [4.78, 5) is 0. The molecule has 0 atom stereocenters. The van der Waals surface area contributed by atoms with Crippen molar-refractivity contribution in [3.8, 4) is 0 Å². The number of hydrogen-bond donors (Lipinski definition) is 2. The van der Waals surface area contributed by atoms with Gasteiger partial charge in [-0.05, 0) is 0 Å². The average Bonchev–Trinajstić information content (AvgIpc) is 0.811. The minimum atomic E-state index is -3.12. The van der Waals surface area contributed by atoms with Gasteiger partial charge in [0, 0.05) is 18.6 Å². The molecule has 0 fully saturated rings. The molecule has 0 spiro atoms. The zero-order valence-corrected chi connectivity index (χ0v) is 4.45. The molecule has 1 N–H and O–H groups in total. The Kier molecular flexibility index (Phi) is 8.17. The maximum absolute atomic E-state index is 8.59. The van der Waals surface area contributed by atoms with E-state index in [9.17, 15) is 0 Å². The summed E-state index contributed by atoms with van der Waals surface area (Å²) < 4.78 is 24.2. The molecule has 0 saturated heterocycles. The molecule has 0 unspecified atom stereocenters. The molecule has 5 heteroatoms. The Balaban J connectivity index is 0. The molecular weight excluding hydrogens is 131 g/mol. The second-order valence-corrected chi connectivity index (χ2v) is 0.714. The van der Waals surface area contributed by atoms with E-state index < -0.39 is 11.0 Å². The van der Waals surface area contributed by atoms with Crippen molar-refractivity contribution in [2.24, 2.45) is 0 Å². The van der Waals surface area contributed by atoms with E-state index in [2.05, 4.69) is 0 Å². The largest absolute Gasteiger partial charge is 0.288 e. The molecule has 3 nitrogen and oxygen atoms in total. The van der Waals surface area contributed by atoms with Crippen molar-refractivity contribution in [1.82, 2.24) is 0 Å². The quantitative estimate of drug-likeness (QED) is 0.331. The fraction of sp³-hybridized carbons (Fsp3) is 0. The summed E-state index contributed by atoms with van der Waals surface area (Å²) in [6.45, 7) is 0. The van der Waals surface area contributed by atoms with Crippen LogP contribution in [0.25, 0.3) is 0 Å². The minimum absolute atomic E-state index is 0. The molecule has 0 bridgehead atoms. The third-order valence-electron chi connectivity index (χ3n) is 0. The van der Waals surface area contributed by atoms with Crippen LogP contribution in [0.1, 0.15) is 0 Å². The third kappa shape index (κ3) is 114. The fourth-order valence-electron chi connectivity index (χ4n) is 0. The van der Waals surface area contributed by atoms with Crippen LogP contribution >= 0.6 is 0 Å². The van der Waals surface area contributed by atoms with Crippen LogP contribution in [0.2, 0.25) is 0 Å². The van der Waals surface area contributed by atoms with E-state index in [-0.39, 0.29) is 18.6 Å². The van der Waals surface area contributed by atoms with E-state index in [1.807, 2.05) is 0 Å². The van der Waals surface area contributed by atoms with Gasteiger partial charge in [0.2, 0.25) is 0 Å². The first-order valence-corrected chi connectivity index (χ1v) is 1.70. The van der Waals surface area contributed by atoms with Gasteiger partial charge in [0.15, 0.2) is 0 Å². The van der Waals surface area contributed by atoms with Crippen LogP contribution in [0.4, 0.5) is 0 Å². The third-order valence-corrected chi connectivity index (χ3v) is 0. The van der Waals surface area contributed by atoms with Crippen LogP contribution in [0.5, 0.6) is 0 Å². The molecule has 0 saturated carbocycles. The standard InChI is InChI=1S/H2O3S.V/c1-4(2)3;/h4H,(H,1,2,3);. The Morgan fingerprint density at radius 3 is 1.40 bits per heavy atom. The van der Waals surface area contributed by atoms with Gasteiger partial charge in [-0.3, -0.25) is 4.55 Å². The molecule has 0 aromatic heterocycles. The van der Waals surface area contributed by atoms with E-state index in [0.717, 1.165) is 0 Å². The summed E-state index contributed by atoms with van der Waals surface area (Å²) in [6.07, 6.45) is 0. The predicted molar refractivity (Wildman–Crippen MR) is 12.9 cm³/mol. The summed E-state index contributed by atoms with van der Waals surface area (Å²) in [5.41, 5.74) is 0. The van der Waals surface area contributed by atoms with E-state index in [1.54, 1.807) is 0 Å². The van der Waals surface area contributed by atoms with Gasteiger partial charge in [-0.2, -0.15) is 0 Å². The Morgan fingerprint density at radius 2 is 1.40 bits per heavy atom. The molecule has 0 aliphatic carbocycles. The fourth-order valence-corrected chi connectivity index (χ4v) is 0. The Hall–Kier alpha value is 0.494. The molecule has 0 aliphatic rings. The molecule has 0 aromatic rings. The van der Waals surface area contributed by atoms with Gasteiger partial charge >= 0.3 is 0 Å². The van der Waals surface area contributed by atoms with E-state index in [0.29, 0.717) is 0 Å². The monoisotopic (exact) mass is 133 g/mol. The topological polar surface area (TPSA) is 54.4 Å². The average molecular weight is 133 g/mol.